The molecule has 0 fully saturated rings. The molecule has 0 amide bonds. The quantitative estimate of drug-likeness (QED) is 0.320. The Hall–Kier alpha value is -2.46. The Balaban J connectivity index is 1.85. The van der Waals surface area contributed by atoms with Crippen LogP contribution in [0.3, 0.4) is 0 Å². The van der Waals surface area contributed by atoms with E-state index in [1.54, 1.807) is 0 Å². The summed E-state index contributed by atoms with van der Waals surface area (Å²) in [6.07, 6.45) is 0. The first-order valence-corrected chi connectivity index (χ1v) is 12.4. The van der Waals surface area contributed by atoms with Crippen molar-refractivity contribution >= 4 is 36.3 Å². The molecule has 4 aromatic rings. The minimum Gasteiger partial charge on any atom is -0.347 e. The third-order valence-electron chi connectivity index (χ3n) is 4.63. The monoisotopic (exact) mass is 399 g/mol. The van der Waals surface area contributed by atoms with Gasteiger partial charge in [0.05, 0.1) is 0 Å². The average Bonchev–Trinajstić information content (AvgIpc) is 2.80. The molecule has 0 bridgehead atoms. The Morgan fingerprint density at radius 2 is 0.821 bits per heavy atom. The van der Waals surface area contributed by atoms with E-state index in [4.69, 9.17) is 0 Å². The molecule has 0 saturated carbocycles. The second-order valence-electron chi connectivity index (χ2n) is 6.49. The average molecular weight is 399 g/mol. The minimum atomic E-state index is -2.91. The molecule has 0 aliphatic rings. The Morgan fingerprint density at radius 1 is 0.500 bits per heavy atom. The molecule has 0 unspecified atom stereocenters. The van der Waals surface area contributed by atoms with Crippen LogP contribution < -0.4 is 21.2 Å². The van der Waals surface area contributed by atoms with Gasteiger partial charge < -0.3 is 4.57 Å². The van der Waals surface area contributed by atoms with Gasteiger partial charge in [0, 0.05) is 7.14 Å². The largest absolute Gasteiger partial charge is 0.347 e. The first-order chi connectivity index (χ1) is 13.8. The van der Waals surface area contributed by atoms with Gasteiger partial charge in [-0.2, -0.15) is 7.92 Å². The van der Waals surface area contributed by atoms with Crippen LogP contribution in [0.25, 0.3) is 0 Å². The molecule has 0 N–H and O–H groups in total. The molecule has 3 heteroatoms. The highest BCUT2D eigenvalue weighted by molar-refractivity contribution is 7.94. The predicted octanol–water partition coefficient (Wildman–Crippen LogP) is 5.25. The lowest BCUT2D eigenvalue weighted by molar-refractivity contribution is 0.591. The molecule has 4 aromatic carbocycles. The zero-order chi connectivity index (χ0) is 19.2. The van der Waals surface area contributed by atoms with Crippen LogP contribution in [0.5, 0.6) is 0 Å². The molecule has 0 aliphatic carbocycles. The molecule has 138 valence electrons. The lowest BCUT2D eigenvalue weighted by Gasteiger charge is -2.36. The molecule has 1 nitrogen and oxygen atoms in total. The molecule has 0 spiro atoms. The van der Waals surface area contributed by atoms with E-state index < -0.39 is 15.1 Å². The van der Waals surface area contributed by atoms with Crippen LogP contribution in [-0.2, 0) is 4.57 Å². The van der Waals surface area contributed by atoms with Gasteiger partial charge in [-0.15, -0.1) is 0 Å². The summed E-state index contributed by atoms with van der Waals surface area (Å²) in [6.45, 7) is 0. The highest BCUT2D eigenvalue weighted by atomic mass is 31.2. The van der Waals surface area contributed by atoms with E-state index in [1.807, 2.05) is 72.8 Å². The van der Waals surface area contributed by atoms with Crippen LogP contribution in [0.15, 0.2) is 121 Å². The minimum absolute atomic E-state index is 0.874. The lowest BCUT2D eigenvalue weighted by Crippen LogP contribution is -2.19. The molecule has 0 radical (unpaired) electrons. The Labute approximate surface area is 168 Å². The second-order valence-corrected chi connectivity index (χ2v) is 11.5. The highest BCUT2D eigenvalue weighted by Crippen LogP contribution is 2.58. The van der Waals surface area contributed by atoms with Crippen LogP contribution in [-0.4, -0.2) is 0 Å². The zero-order valence-electron chi connectivity index (χ0n) is 15.4. The van der Waals surface area contributed by atoms with E-state index in [-0.39, 0.29) is 0 Å². The van der Waals surface area contributed by atoms with Crippen molar-refractivity contribution in [2.24, 2.45) is 0 Å². The van der Waals surface area contributed by atoms with Gasteiger partial charge in [0.1, 0.15) is 0 Å². The van der Waals surface area contributed by atoms with Gasteiger partial charge in [0.25, 0.3) is 0 Å². The maximum Gasteiger partial charge on any atom is 0.0148 e. The molecule has 4 rings (SSSR count). The third kappa shape index (κ3) is 4.02. The molecular formula is C25H21OP2-. The summed E-state index contributed by atoms with van der Waals surface area (Å²) in [7, 11) is -3.78. The van der Waals surface area contributed by atoms with Gasteiger partial charge in [-0.25, -0.2) is 5.90 Å². The second kappa shape index (κ2) is 8.70. The fourth-order valence-electron chi connectivity index (χ4n) is 3.20. The van der Waals surface area contributed by atoms with Crippen LogP contribution >= 0.6 is 15.1 Å². The van der Waals surface area contributed by atoms with Crippen molar-refractivity contribution in [3.05, 3.63) is 127 Å². The van der Waals surface area contributed by atoms with E-state index in [0.29, 0.717) is 0 Å². The van der Waals surface area contributed by atoms with E-state index in [9.17, 15) is 4.57 Å². The first kappa shape index (κ1) is 18.9. The maximum absolute atomic E-state index is 14.5. The fourth-order valence-corrected chi connectivity index (χ4v) is 9.45. The van der Waals surface area contributed by atoms with Crippen LogP contribution in [0.1, 0.15) is 0 Å². The predicted molar refractivity (Wildman–Crippen MR) is 123 cm³/mol. The number of hydrogen-bond acceptors (Lipinski definition) is 1. The fraction of sp³-hybridized carbons (Fsp3) is 0. The Kier molecular flexibility index (Phi) is 5.87. The standard InChI is InChI=1S/C25H21OP2/c26-28(24-17-9-3-10-18-24,25-19-11-4-12-20-25)21-27(22-13-5-1-6-14-22)23-15-7-2-8-16-23/h1-21H/q-1. The molecule has 0 atom stereocenters. The Bertz CT molecular complexity index is 966. The molecule has 0 aromatic heterocycles. The van der Waals surface area contributed by atoms with Crippen LogP contribution in [0.2, 0.25) is 0 Å². The van der Waals surface area contributed by atoms with Crippen molar-refractivity contribution in [2.75, 3.05) is 0 Å². The summed E-state index contributed by atoms with van der Waals surface area (Å²) < 4.78 is 14.5. The van der Waals surface area contributed by atoms with Crippen molar-refractivity contribution in [1.82, 2.24) is 0 Å². The van der Waals surface area contributed by atoms with Gasteiger partial charge in [-0.1, -0.05) is 132 Å². The molecular weight excluding hydrogens is 378 g/mol. The normalized spacial score (nSPS) is 11.5. The highest BCUT2D eigenvalue weighted by Gasteiger charge is 2.22. The summed E-state index contributed by atoms with van der Waals surface area (Å²) in [4.78, 5) is 0. The topological polar surface area (TPSA) is 17.1 Å². The van der Waals surface area contributed by atoms with E-state index in [0.717, 1.165) is 10.6 Å². The Morgan fingerprint density at radius 3 is 1.18 bits per heavy atom. The summed E-state index contributed by atoms with van der Waals surface area (Å²) in [5.74, 6) is 2.12. The lowest BCUT2D eigenvalue weighted by atomic mass is 10.4. The molecule has 0 aliphatic heterocycles. The number of benzene rings is 4. The maximum atomic E-state index is 14.5. The first-order valence-electron chi connectivity index (χ1n) is 9.24. The van der Waals surface area contributed by atoms with Gasteiger partial charge in [0.2, 0.25) is 0 Å². The summed E-state index contributed by atoms with van der Waals surface area (Å²) >= 11 is 0. The van der Waals surface area contributed by atoms with Gasteiger partial charge in [0.15, 0.2) is 0 Å². The van der Waals surface area contributed by atoms with Crippen molar-refractivity contribution < 1.29 is 4.57 Å². The van der Waals surface area contributed by atoms with Crippen molar-refractivity contribution in [1.29, 1.82) is 0 Å². The van der Waals surface area contributed by atoms with E-state index in [2.05, 4.69) is 54.4 Å². The van der Waals surface area contributed by atoms with Crippen LogP contribution in [0, 0.1) is 5.90 Å². The van der Waals surface area contributed by atoms with Gasteiger partial charge in [-0.3, -0.25) is 0 Å². The molecule has 0 heterocycles. The van der Waals surface area contributed by atoms with Crippen molar-refractivity contribution in [3.8, 4) is 0 Å². The van der Waals surface area contributed by atoms with Gasteiger partial charge >= 0.3 is 0 Å². The summed E-state index contributed by atoms with van der Waals surface area (Å²) in [6, 6.07) is 40.5. The summed E-state index contributed by atoms with van der Waals surface area (Å²) in [5, 5.41) is 4.16. The zero-order valence-corrected chi connectivity index (χ0v) is 17.2. The van der Waals surface area contributed by atoms with Crippen molar-refractivity contribution in [2.45, 2.75) is 0 Å². The van der Waals surface area contributed by atoms with Crippen LogP contribution in [0.4, 0.5) is 0 Å². The smallest absolute Gasteiger partial charge is 0.0148 e. The van der Waals surface area contributed by atoms with Gasteiger partial charge in [-0.05, 0) is 10.6 Å². The molecule has 28 heavy (non-hydrogen) atoms. The van der Waals surface area contributed by atoms with E-state index in [1.165, 1.54) is 10.6 Å². The molecule has 0 saturated heterocycles. The van der Waals surface area contributed by atoms with E-state index >= 15 is 0 Å². The number of hydrogen-bond donors (Lipinski definition) is 0. The van der Waals surface area contributed by atoms with Crippen molar-refractivity contribution in [3.63, 3.8) is 0 Å². The number of rotatable bonds is 6. The summed E-state index contributed by atoms with van der Waals surface area (Å²) in [5.41, 5.74) is 0. The third-order valence-corrected chi connectivity index (χ3v) is 10.7. The SMILES string of the molecule is O=P([CH-]P(c1ccccc1)c1ccccc1)(c1ccccc1)c1ccccc1.